The molecule has 1 amide bonds. The number of carbonyl (C=O) groups excluding carboxylic acids is 3. The fourth-order valence-corrected chi connectivity index (χ4v) is 6.01. The highest BCUT2D eigenvalue weighted by Crippen LogP contribution is 2.57. The Morgan fingerprint density at radius 2 is 1.40 bits per heavy atom. The van der Waals surface area contributed by atoms with E-state index in [1.54, 1.807) is 30.3 Å². The number of carbonyl (C=O) groups is 3. The highest BCUT2D eigenvalue weighted by atomic mass is 32.1. The summed E-state index contributed by atoms with van der Waals surface area (Å²) < 4.78 is 32.8. The summed E-state index contributed by atoms with van der Waals surface area (Å²) in [5, 5.41) is 37.9. The van der Waals surface area contributed by atoms with Gasteiger partial charge < -0.3 is 59.7 Å². The van der Waals surface area contributed by atoms with Crippen molar-refractivity contribution in [2.75, 3.05) is 58.0 Å². The molecule has 0 bridgehead atoms. The zero-order valence-corrected chi connectivity index (χ0v) is 28.9. The molecule has 0 radical (unpaired) electrons. The monoisotopic (exact) mass is 745 g/mol. The van der Waals surface area contributed by atoms with E-state index in [1.165, 1.54) is 48.5 Å². The zero-order valence-electron chi connectivity index (χ0n) is 28.1. The first-order chi connectivity index (χ1) is 25.7. The van der Waals surface area contributed by atoms with Crippen LogP contribution in [0.1, 0.15) is 37.4 Å². The number of thiocarbonyl (C=S) groups is 1. The van der Waals surface area contributed by atoms with Gasteiger partial charge in [-0.1, -0.05) is 6.07 Å². The number of hydrogen-bond acceptors (Lipinski definition) is 13. The van der Waals surface area contributed by atoms with Crippen LogP contribution in [0, 0.1) is 0 Å². The number of benzene rings is 4. The van der Waals surface area contributed by atoms with Crippen molar-refractivity contribution in [1.29, 1.82) is 0 Å². The van der Waals surface area contributed by atoms with Gasteiger partial charge in [0.25, 0.3) is 5.91 Å². The number of aliphatic hydroxyl groups is 1. The van der Waals surface area contributed by atoms with Crippen LogP contribution >= 0.6 is 12.2 Å². The van der Waals surface area contributed by atoms with E-state index in [4.69, 9.17) is 45.7 Å². The van der Waals surface area contributed by atoms with Crippen molar-refractivity contribution >= 4 is 41.0 Å². The lowest BCUT2D eigenvalue weighted by atomic mass is 9.77. The molecule has 0 saturated heterocycles. The first-order valence-electron chi connectivity index (χ1n) is 16.4. The quantitative estimate of drug-likeness (QED) is 0.0469. The standard InChI is InChI=1S/C37H35N3O12S/c41-13-16-47-14-11-38-33(44)22-1-6-26(7-2-22)50-36(46)49-18-17-48-15-12-39-35(53)40-23-3-8-28-27(19-23)34(45)52-37(28)29-9-4-24(42)20-31(29)51-32-21-25(43)5-10-30(32)37/h1-10,19-21,41-43H,11-18H2,(H,38,44)(H2,39,40,53). The summed E-state index contributed by atoms with van der Waals surface area (Å²) >= 11 is 5.41. The van der Waals surface area contributed by atoms with E-state index in [0.29, 0.717) is 40.0 Å². The molecule has 6 N–H and O–H groups in total. The van der Waals surface area contributed by atoms with E-state index in [0.717, 1.165) is 0 Å². The maximum Gasteiger partial charge on any atom is 0.513 e. The second-order valence-corrected chi connectivity index (χ2v) is 12.0. The Morgan fingerprint density at radius 1 is 0.755 bits per heavy atom. The smallest absolute Gasteiger partial charge is 0.508 e. The Labute approximate surface area is 308 Å². The maximum absolute atomic E-state index is 13.3. The van der Waals surface area contributed by atoms with Gasteiger partial charge in [-0.2, -0.15) is 0 Å². The van der Waals surface area contributed by atoms with Gasteiger partial charge in [0.15, 0.2) is 10.7 Å². The number of aliphatic hydroxyl groups excluding tert-OH is 1. The van der Waals surface area contributed by atoms with Crippen LogP contribution in [0.2, 0.25) is 0 Å². The number of esters is 1. The minimum atomic E-state index is -1.37. The molecule has 0 aliphatic carbocycles. The van der Waals surface area contributed by atoms with Crippen molar-refractivity contribution in [1.82, 2.24) is 10.6 Å². The van der Waals surface area contributed by atoms with Gasteiger partial charge in [0.1, 0.15) is 35.4 Å². The van der Waals surface area contributed by atoms with Gasteiger partial charge >= 0.3 is 12.1 Å². The fraction of sp³-hybridized carbons (Fsp3) is 0.243. The summed E-state index contributed by atoms with van der Waals surface area (Å²) in [6.45, 7) is 1.28. The molecule has 0 aromatic heterocycles. The summed E-state index contributed by atoms with van der Waals surface area (Å²) in [5.74, 6) is -0.185. The van der Waals surface area contributed by atoms with Gasteiger partial charge in [-0.15, -0.1) is 0 Å². The van der Waals surface area contributed by atoms with Gasteiger partial charge in [0.05, 0.1) is 38.6 Å². The number of anilines is 1. The van der Waals surface area contributed by atoms with E-state index in [1.807, 2.05) is 0 Å². The Kier molecular flexibility index (Phi) is 11.5. The number of phenolic OH excluding ortho intramolecular Hbond substituents is 2. The van der Waals surface area contributed by atoms with Crippen molar-refractivity contribution in [2.24, 2.45) is 0 Å². The van der Waals surface area contributed by atoms with Crippen LogP contribution in [-0.2, 0) is 24.5 Å². The van der Waals surface area contributed by atoms with Crippen molar-refractivity contribution in [3.05, 3.63) is 107 Å². The second-order valence-electron chi connectivity index (χ2n) is 11.6. The summed E-state index contributed by atoms with van der Waals surface area (Å²) in [6.07, 6.45) is -0.927. The average molecular weight is 746 g/mol. The van der Waals surface area contributed by atoms with E-state index in [9.17, 15) is 24.6 Å². The number of rotatable bonds is 14. The maximum atomic E-state index is 13.3. The van der Waals surface area contributed by atoms with Crippen molar-refractivity contribution in [2.45, 2.75) is 5.60 Å². The summed E-state index contributed by atoms with van der Waals surface area (Å²) in [4.78, 5) is 37.5. The lowest BCUT2D eigenvalue weighted by Gasteiger charge is -2.36. The summed E-state index contributed by atoms with van der Waals surface area (Å²) in [7, 11) is 0. The van der Waals surface area contributed by atoms with Crippen LogP contribution in [0.25, 0.3) is 0 Å². The third kappa shape index (κ3) is 8.42. The molecule has 4 aromatic rings. The molecule has 1 spiro atoms. The molecule has 6 rings (SSSR count). The van der Waals surface area contributed by atoms with Crippen LogP contribution in [0.5, 0.6) is 28.7 Å². The molecule has 276 valence electrons. The molecule has 53 heavy (non-hydrogen) atoms. The Morgan fingerprint density at radius 3 is 2.08 bits per heavy atom. The number of amides is 1. The van der Waals surface area contributed by atoms with Crippen molar-refractivity contribution < 1.29 is 58.1 Å². The molecule has 15 nitrogen and oxygen atoms in total. The van der Waals surface area contributed by atoms with Gasteiger partial charge in [0.2, 0.25) is 0 Å². The summed E-state index contributed by atoms with van der Waals surface area (Å²) in [5.41, 5.74) is 1.44. The minimum absolute atomic E-state index is 0.0328. The first-order valence-corrected chi connectivity index (χ1v) is 16.9. The highest BCUT2D eigenvalue weighted by Gasteiger charge is 2.53. The lowest BCUT2D eigenvalue weighted by Crippen LogP contribution is -2.33. The Bertz CT molecular complexity index is 1950. The summed E-state index contributed by atoms with van der Waals surface area (Å²) in [6, 6.07) is 20.2. The van der Waals surface area contributed by atoms with Gasteiger partial charge in [-0.05, 0) is 72.9 Å². The molecular formula is C37H35N3O12S. The number of nitrogens with one attached hydrogen (secondary N) is 3. The topological polar surface area (TPSA) is 203 Å². The SMILES string of the molecule is O=C(OCCOCCNC(=S)Nc1ccc2c(c1)C(=O)OC21c2ccc(O)cc2Oc2cc(O)ccc21)Oc1ccc(C(=O)NCCOCCO)cc1. The number of ether oxygens (including phenoxy) is 6. The molecule has 0 fully saturated rings. The molecule has 2 heterocycles. The van der Waals surface area contributed by atoms with E-state index < -0.39 is 17.7 Å². The first kappa shape index (κ1) is 36.8. The molecule has 4 aromatic carbocycles. The van der Waals surface area contributed by atoms with E-state index in [-0.39, 0.29) is 86.0 Å². The second kappa shape index (κ2) is 16.6. The van der Waals surface area contributed by atoms with Crippen LogP contribution < -0.4 is 25.4 Å². The largest absolute Gasteiger partial charge is 0.513 e. The van der Waals surface area contributed by atoms with Gasteiger partial charge in [-0.3, -0.25) is 4.79 Å². The van der Waals surface area contributed by atoms with Crippen LogP contribution in [0.4, 0.5) is 10.5 Å². The van der Waals surface area contributed by atoms with Crippen LogP contribution in [0.15, 0.2) is 78.9 Å². The number of fused-ring (bicyclic) bond motifs is 6. The van der Waals surface area contributed by atoms with E-state index in [2.05, 4.69) is 16.0 Å². The number of aromatic hydroxyl groups is 2. The molecule has 0 unspecified atom stereocenters. The molecule has 0 atom stereocenters. The Balaban J connectivity index is 0.933. The third-order valence-corrected chi connectivity index (χ3v) is 8.34. The zero-order chi connectivity index (χ0) is 37.4. The minimum Gasteiger partial charge on any atom is -0.508 e. The van der Waals surface area contributed by atoms with Gasteiger partial charge in [-0.25, -0.2) is 9.59 Å². The number of phenols is 2. The molecule has 2 aliphatic heterocycles. The third-order valence-electron chi connectivity index (χ3n) is 8.10. The fourth-order valence-electron chi connectivity index (χ4n) is 5.79. The van der Waals surface area contributed by atoms with Crippen LogP contribution in [-0.4, -0.2) is 91.2 Å². The number of hydrogen-bond donors (Lipinski definition) is 6. The molecule has 0 saturated carbocycles. The average Bonchev–Trinajstić information content (AvgIpc) is 3.42. The van der Waals surface area contributed by atoms with Crippen molar-refractivity contribution in [3.63, 3.8) is 0 Å². The van der Waals surface area contributed by atoms with Gasteiger partial charge in [0, 0.05) is 53.2 Å². The van der Waals surface area contributed by atoms with E-state index >= 15 is 0 Å². The lowest BCUT2D eigenvalue weighted by molar-refractivity contribution is 0.0224. The normalized spacial score (nSPS) is 13.1. The Hall–Kier alpha value is -5.94. The molecule has 16 heteroatoms. The van der Waals surface area contributed by atoms with Crippen LogP contribution in [0.3, 0.4) is 0 Å². The molecule has 2 aliphatic rings. The predicted molar refractivity (Wildman–Crippen MR) is 192 cm³/mol. The highest BCUT2D eigenvalue weighted by molar-refractivity contribution is 7.80. The molecular weight excluding hydrogens is 710 g/mol. The van der Waals surface area contributed by atoms with Crippen molar-refractivity contribution in [3.8, 4) is 28.7 Å². The predicted octanol–water partition coefficient (Wildman–Crippen LogP) is 3.92.